The van der Waals surface area contributed by atoms with E-state index in [2.05, 4.69) is 6.07 Å². The molecular formula is C18H20O2. The molecule has 2 heteroatoms. The molecule has 0 aliphatic rings. The summed E-state index contributed by atoms with van der Waals surface area (Å²) in [5.74, 6) is 0.829. The van der Waals surface area contributed by atoms with E-state index in [1.54, 1.807) is 0 Å². The van der Waals surface area contributed by atoms with E-state index in [9.17, 15) is 4.79 Å². The molecule has 0 amide bonds. The van der Waals surface area contributed by atoms with E-state index in [0.717, 1.165) is 22.4 Å². The Balaban J connectivity index is 2.11. The average molecular weight is 268 g/mol. The molecule has 0 saturated carbocycles. The van der Waals surface area contributed by atoms with Gasteiger partial charge in [0.05, 0.1) is 0 Å². The summed E-state index contributed by atoms with van der Waals surface area (Å²) >= 11 is 0. The van der Waals surface area contributed by atoms with Crippen molar-refractivity contribution >= 4 is 5.78 Å². The van der Waals surface area contributed by atoms with Gasteiger partial charge in [0.25, 0.3) is 0 Å². The third-order valence-electron chi connectivity index (χ3n) is 3.59. The Hall–Kier alpha value is -2.09. The molecule has 0 spiro atoms. The van der Waals surface area contributed by atoms with E-state index in [0.29, 0.717) is 5.56 Å². The number of aryl methyl sites for hydroxylation is 3. The van der Waals surface area contributed by atoms with E-state index >= 15 is 0 Å². The number of rotatable bonds is 4. The van der Waals surface area contributed by atoms with Gasteiger partial charge in [-0.2, -0.15) is 0 Å². The van der Waals surface area contributed by atoms with Gasteiger partial charge in [0.2, 0.25) is 0 Å². The minimum atomic E-state index is 0.00491. The van der Waals surface area contributed by atoms with Gasteiger partial charge >= 0.3 is 0 Å². The zero-order chi connectivity index (χ0) is 14.7. The van der Waals surface area contributed by atoms with Crippen LogP contribution in [-0.2, 0) is 0 Å². The van der Waals surface area contributed by atoms with Crippen molar-refractivity contribution < 1.29 is 9.53 Å². The molecule has 0 fully saturated rings. The molecule has 0 aliphatic heterocycles. The maximum Gasteiger partial charge on any atom is 0.200 e. The van der Waals surface area contributed by atoms with Gasteiger partial charge in [-0.25, -0.2) is 0 Å². The molecule has 2 aromatic carbocycles. The SMILES string of the molecule is Cc1ccc(C(=O)COc2c(C)ccc(C)c2C)cc1. The Morgan fingerprint density at radius 2 is 1.50 bits per heavy atom. The third-order valence-corrected chi connectivity index (χ3v) is 3.59. The first-order valence-electron chi connectivity index (χ1n) is 6.78. The van der Waals surface area contributed by atoms with Crippen LogP contribution < -0.4 is 4.74 Å². The van der Waals surface area contributed by atoms with E-state index in [1.165, 1.54) is 5.56 Å². The molecule has 0 heterocycles. The van der Waals surface area contributed by atoms with Crippen LogP contribution in [0, 0.1) is 27.7 Å². The second kappa shape index (κ2) is 5.91. The van der Waals surface area contributed by atoms with Crippen LogP contribution in [0.1, 0.15) is 32.6 Å². The summed E-state index contributed by atoms with van der Waals surface area (Å²) in [6.07, 6.45) is 0. The van der Waals surface area contributed by atoms with Crippen LogP contribution in [0.15, 0.2) is 36.4 Å². The van der Waals surface area contributed by atoms with Crippen LogP contribution in [0.2, 0.25) is 0 Å². The van der Waals surface area contributed by atoms with Gasteiger partial charge < -0.3 is 4.74 Å². The molecule has 0 aliphatic carbocycles. The van der Waals surface area contributed by atoms with Gasteiger partial charge in [-0.15, -0.1) is 0 Å². The molecule has 0 saturated heterocycles. The van der Waals surface area contributed by atoms with Crippen molar-refractivity contribution in [2.75, 3.05) is 6.61 Å². The molecule has 2 nitrogen and oxygen atoms in total. The molecule has 104 valence electrons. The van der Waals surface area contributed by atoms with E-state index in [4.69, 9.17) is 4.74 Å². The lowest BCUT2D eigenvalue weighted by molar-refractivity contribution is 0.0920. The minimum Gasteiger partial charge on any atom is -0.485 e. The van der Waals surface area contributed by atoms with Crippen molar-refractivity contribution in [2.45, 2.75) is 27.7 Å². The first kappa shape index (κ1) is 14.3. The van der Waals surface area contributed by atoms with Gasteiger partial charge in [0.1, 0.15) is 5.75 Å². The van der Waals surface area contributed by atoms with Crippen molar-refractivity contribution in [3.63, 3.8) is 0 Å². The molecule has 2 rings (SSSR count). The quantitative estimate of drug-likeness (QED) is 0.777. The van der Waals surface area contributed by atoms with Crippen LogP contribution in [0.4, 0.5) is 0 Å². The molecule has 0 N–H and O–H groups in total. The second-order valence-electron chi connectivity index (χ2n) is 5.23. The Morgan fingerprint density at radius 3 is 2.15 bits per heavy atom. The standard InChI is InChI=1S/C18H20O2/c1-12-5-9-16(10-6-12)17(19)11-20-18-14(3)8-7-13(2)15(18)4/h5-10H,11H2,1-4H3. The predicted molar refractivity (Wildman–Crippen MR) is 81.7 cm³/mol. The largest absolute Gasteiger partial charge is 0.485 e. The first-order valence-corrected chi connectivity index (χ1v) is 6.78. The molecule has 0 bridgehead atoms. The maximum atomic E-state index is 12.1. The van der Waals surface area contributed by atoms with Crippen LogP contribution in [-0.4, -0.2) is 12.4 Å². The van der Waals surface area contributed by atoms with E-state index < -0.39 is 0 Å². The number of carbonyl (C=O) groups is 1. The number of benzene rings is 2. The van der Waals surface area contributed by atoms with Crippen LogP contribution in [0.5, 0.6) is 5.75 Å². The first-order chi connectivity index (χ1) is 9.49. The highest BCUT2D eigenvalue weighted by molar-refractivity contribution is 5.97. The lowest BCUT2D eigenvalue weighted by atomic mass is 10.1. The number of ketones is 1. The van der Waals surface area contributed by atoms with Crippen LogP contribution in [0.25, 0.3) is 0 Å². The Morgan fingerprint density at radius 1 is 0.900 bits per heavy atom. The molecule has 0 atom stereocenters. The molecule has 0 unspecified atom stereocenters. The Labute approximate surface area is 120 Å². The fraction of sp³-hybridized carbons (Fsp3) is 0.278. The summed E-state index contributed by atoms with van der Waals surface area (Å²) < 4.78 is 5.75. The van der Waals surface area contributed by atoms with Gasteiger partial charge in [0, 0.05) is 5.56 Å². The van der Waals surface area contributed by atoms with Gasteiger partial charge in [-0.3, -0.25) is 4.79 Å². The van der Waals surface area contributed by atoms with Gasteiger partial charge in [-0.05, 0) is 44.4 Å². The van der Waals surface area contributed by atoms with Crippen molar-refractivity contribution in [3.8, 4) is 5.75 Å². The summed E-state index contributed by atoms with van der Waals surface area (Å²) in [4.78, 5) is 12.1. The summed E-state index contributed by atoms with van der Waals surface area (Å²) in [5, 5.41) is 0. The summed E-state index contributed by atoms with van der Waals surface area (Å²) in [5.41, 5.74) is 5.17. The Kier molecular flexibility index (Phi) is 4.23. The van der Waals surface area contributed by atoms with Crippen molar-refractivity contribution in [1.82, 2.24) is 0 Å². The number of carbonyl (C=O) groups excluding carboxylic acids is 1. The second-order valence-corrected chi connectivity index (χ2v) is 5.23. The fourth-order valence-corrected chi connectivity index (χ4v) is 2.11. The smallest absolute Gasteiger partial charge is 0.200 e. The number of ether oxygens (including phenoxy) is 1. The zero-order valence-corrected chi connectivity index (χ0v) is 12.5. The molecule has 2 aromatic rings. The van der Waals surface area contributed by atoms with Crippen molar-refractivity contribution in [2.24, 2.45) is 0 Å². The number of hydrogen-bond donors (Lipinski definition) is 0. The lowest BCUT2D eigenvalue weighted by Crippen LogP contribution is -2.13. The number of Topliss-reactive ketones (excluding diaryl/α,β-unsaturated/α-hetero) is 1. The van der Waals surface area contributed by atoms with Gasteiger partial charge in [0.15, 0.2) is 12.4 Å². The molecule has 20 heavy (non-hydrogen) atoms. The maximum absolute atomic E-state index is 12.1. The highest BCUT2D eigenvalue weighted by Gasteiger charge is 2.10. The van der Waals surface area contributed by atoms with Crippen LogP contribution in [0.3, 0.4) is 0 Å². The summed E-state index contributed by atoms with van der Waals surface area (Å²) in [6, 6.07) is 11.7. The van der Waals surface area contributed by atoms with Crippen molar-refractivity contribution in [3.05, 3.63) is 64.2 Å². The minimum absolute atomic E-state index is 0.00491. The summed E-state index contributed by atoms with van der Waals surface area (Å²) in [7, 11) is 0. The monoisotopic (exact) mass is 268 g/mol. The third kappa shape index (κ3) is 3.08. The molecule has 0 aromatic heterocycles. The normalized spacial score (nSPS) is 10.4. The highest BCUT2D eigenvalue weighted by atomic mass is 16.5. The molecular weight excluding hydrogens is 248 g/mol. The zero-order valence-electron chi connectivity index (χ0n) is 12.5. The molecule has 0 radical (unpaired) electrons. The van der Waals surface area contributed by atoms with Crippen LogP contribution >= 0.6 is 0 Å². The highest BCUT2D eigenvalue weighted by Crippen LogP contribution is 2.25. The predicted octanol–water partition coefficient (Wildman–Crippen LogP) is 4.18. The lowest BCUT2D eigenvalue weighted by Gasteiger charge is -2.13. The van der Waals surface area contributed by atoms with E-state index in [-0.39, 0.29) is 12.4 Å². The fourth-order valence-electron chi connectivity index (χ4n) is 2.11. The Bertz CT molecular complexity index is 625. The topological polar surface area (TPSA) is 26.3 Å². The van der Waals surface area contributed by atoms with Crippen molar-refractivity contribution in [1.29, 1.82) is 0 Å². The van der Waals surface area contributed by atoms with E-state index in [1.807, 2.05) is 58.0 Å². The van der Waals surface area contributed by atoms with Gasteiger partial charge in [-0.1, -0.05) is 42.0 Å². The number of hydrogen-bond acceptors (Lipinski definition) is 2. The average Bonchev–Trinajstić information content (AvgIpc) is 2.43. The summed E-state index contributed by atoms with van der Waals surface area (Å²) in [6.45, 7) is 8.15.